The van der Waals surface area contributed by atoms with E-state index in [1.54, 1.807) is 18.2 Å². The van der Waals surface area contributed by atoms with Crippen molar-refractivity contribution in [1.82, 2.24) is 0 Å². The Morgan fingerprint density at radius 2 is 1.82 bits per heavy atom. The van der Waals surface area contributed by atoms with Crippen molar-refractivity contribution in [3.63, 3.8) is 0 Å². The topological polar surface area (TPSA) is 43.1 Å². The van der Waals surface area contributed by atoms with E-state index in [0.717, 1.165) is 16.0 Å². The monoisotopic (exact) mass is 245 g/mol. The third kappa shape index (κ3) is 2.47. The molecule has 0 aliphatic heterocycles. The van der Waals surface area contributed by atoms with E-state index < -0.39 is 0 Å². The number of thioether (sulfide) groups is 1. The average molecular weight is 245 g/mol. The van der Waals surface area contributed by atoms with Gasteiger partial charge in [-0.25, -0.2) is 0 Å². The summed E-state index contributed by atoms with van der Waals surface area (Å²) in [4.78, 5) is 11.3. The van der Waals surface area contributed by atoms with Crippen LogP contribution in [0.25, 0.3) is 11.1 Å². The van der Waals surface area contributed by atoms with Gasteiger partial charge < -0.3 is 0 Å². The first-order valence-electron chi connectivity index (χ1n) is 5.10. The largest absolute Gasteiger partial charge is 0.270 e. The highest BCUT2D eigenvalue weighted by Crippen LogP contribution is 2.32. The minimum Gasteiger partial charge on any atom is -0.258 e. The van der Waals surface area contributed by atoms with Crippen molar-refractivity contribution in [2.75, 3.05) is 6.26 Å². The van der Waals surface area contributed by atoms with E-state index in [4.69, 9.17) is 0 Å². The van der Waals surface area contributed by atoms with Crippen molar-refractivity contribution in [3.8, 4) is 11.1 Å². The summed E-state index contributed by atoms with van der Waals surface area (Å²) in [6.45, 7) is 0. The molecule has 0 aliphatic carbocycles. The lowest BCUT2D eigenvalue weighted by molar-refractivity contribution is -0.385. The van der Waals surface area contributed by atoms with Crippen LogP contribution >= 0.6 is 11.8 Å². The second-order valence-electron chi connectivity index (χ2n) is 3.51. The van der Waals surface area contributed by atoms with E-state index in [1.165, 1.54) is 11.8 Å². The van der Waals surface area contributed by atoms with E-state index in [9.17, 15) is 10.1 Å². The summed E-state index contributed by atoms with van der Waals surface area (Å²) in [5, 5.41) is 10.7. The molecule has 0 radical (unpaired) electrons. The minimum absolute atomic E-state index is 0.133. The van der Waals surface area contributed by atoms with Crippen LogP contribution in [0.1, 0.15) is 0 Å². The van der Waals surface area contributed by atoms with Crippen LogP contribution in [0, 0.1) is 10.1 Å². The molecular weight excluding hydrogens is 234 g/mol. The molecule has 2 rings (SSSR count). The van der Waals surface area contributed by atoms with Crippen molar-refractivity contribution < 1.29 is 4.92 Å². The number of nitro benzene ring substituents is 1. The first-order chi connectivity index (χ1) is 8.22. The smallest absolute Gasteiger partial charge is 0.258 e. The Hall–Kier alpha value is -1.81. The highest BCUT2D eigenvalue weighted by molar-refractivity contribution is 7.98. The van der Waals surface area contributed by atoms with Gasteiger partial charge in [0, 0.05) is 17.0 Å². The van der Waals surface area contributed by atoms with Gasteiger partial charge in [-0.3, -0.25) is 10.1 Å². The molecule has 0 unspecified atom stereocenters. The van der Waals surface area contributed by atoms with Crippen LogP contribution in [0.15, 0.2) is 53.4 Å². The first kappa shape index (κ1) is 11.7. The second kappa shape index (κ2) is 5.01. The third-order valence-electron chi connectivity index (χ3n) is 2.48. The van der Waals surface area contributed by atoms with Crippen molar-refractivity contribution in [2.24, 2.45) is 0 Å². The molecule has 0 saturated carbocycles. The van der Waals surface area contributed by atoms with Crippen LogP contribution in [0.5, 0.6) is 0 Å². The van der Waals surface area contributed by atoms with Gasteiger partial charge in [-0.2, -0.15) is 0 Å². The molecule has 0 spiro atoms. The molecule has 86 valence electrons. The molecule has 17 heavy (non-hydrogen) atoms. The quantitative estimate of drug-likeness (QED) is 0.466. The summed E-state index contributed by atoms with van der Waals surface area (Å²) in [6.07, 6.45) is 1.92. The molecule has 0 N–H and O–H groups in total. The Morgan fingerprint density at radius 3 is 2.41 bits per heavy atom. The fourth-order valence-corrected chi connectivity index (χ4v) is 2.29. The van der Waals surface area contributed by atoms with Crippen LogP contribution < -0.4 is 0 Å². The number of benzene rings is 2. The van der Waals surface area contributed by atoms with Gasteiger partial charge in [0.2, 0.25) is 0 Å². The molecule has 0 atom stereocenters. The minimum atomic E-state index is -0.367. The van der Waals surface area contributed by atoms with Gasteiger partial charge in [-0.05, 0) is 23.4 Å². The van der Waals surface area contributed by atoms with Crippen LogP contribution in [0.4, 0.5) is 5.69 Å². The Labute approximate surface area is 104 Å². The van der Waals surface area contributed by atoms with Crippen molar-refractivity contribution in [2.45, 2.75) is 4.90 Å². The lowest BCUT2D eigenvalue weighted by Crippen LogP contribution is -1.89. The lowest BCUT2D eigenvalue weighted by atomic mass is 10.1. The average Bonchev–Trinajstić information content (AvgIpc) is 2.39. The fourth-order valence-electron chi connectivity index (χ4n) is 1.65. The summed E-state index contributed by atoms with van der Waals surface area (Å²) >= 11 is 1.52. The van der Waals surface area contributed by atoms with Gasteiger partial charge in [0.05, 0.1) is 4.92 Å². The number of nitrogens with zero attached hydrogens (tertiary/aromatic N) is 1. The number of hydrogen-bond donors (Lipinski definition) is 0. The molecule has 2 aromatic carbocycles. The van der Waals surface area contributed by atoms with Gasteiger partial charge >= 0.3 is 0 Å². The number of rotatable bonds is 3. The van der Waals surface area contributed by atoms with E-state index in [1.807, 2.05) is 36.6 Å². The number of non-ortho nitro benzene ring substituents is 1. The highest BCUT2D eigenvalue weighted by Gasteiger charge is 2.11. The van der Waals surface area contributed by atoms with Gasteiger partial charge in [-0.1, -0.05) is 30.3 Å². The standard InChI is InChI=1S/C13H11NO2S/c1-17-13-9-11(14(15)16)7-8-12(13)10-5-3-2-4-6-10/h2-9H,1H3. The number of nitro groups is 1. The predicted molar refractivity (Wildman–Crippen MR) is 70.3 cm³/mol. The van der Waals surface area contributed by atoms with Crippen LogP contribution in [0.3, 0.4) is 0 Å². The van der Waals surface area contributed by atoms with Crippen LogP contribution in [-0.4, -0.2) is 11.2 Å². The summed E-state index contributed by atoms with van der Waals surface area (Å²) in [7, 11) is 0. The molecule has 0 amide bonds. The maximum absolute atomic E-state index is 10.7. The zero-order valence-corrected chi connectivity index (χ0v) is 10.1. The summed E-state index contributed by atoms with van der Waals surface area (Å²) in [5.41, 5.74) is 2.24. The van der Waals surface area contributed by atoms with Crippen LogP contribution in [-0.2, 0) is 0 Å². The zero-order valence-electron chi connectivity index (χ0n) is 9.29. The zero-order chi connectivity index (χ0) is 12.3. The SMILES string of the molecule is CSc1cc([N+](=O)[O-])ccc1-c1ccccc1. The van der Waals surface area contributed by atoms with Crippen molar-refractivity contribution in [3.05, 3.63) is 58.6 Å². The third-order valence-corrected chi connectivity index (χ3v) is 3.26. The number of hydrogen-bond acceptors (Lipinski definition) is 3. The molecule has 4 heteroatoms. The molecule has 0 saturated heterocycles. The van der Waals surface area contributed by atoms with Gasteiger partial charge in [0.1, 0.15) is 0 Å². The van der Waals surface area contributed by atoms with Crippen molar-refractivity contribution >= 4 is 17.4 Å². The van der Waals surface area contributed by atoms with Crippen LogP contribution in [0.2, 0.25) is 0 Å². The fraction of sp³-hybridized carbons (Fsp3) is 0.0769. The second-order valence-corrected chi connectivity index (χ2v) is 4.36. The molecule has 0 heterocycles. The molecule has 3 nitrogen and oxygen atoms in total. The maximum Gasteiger partial charge on any atom is 0.270 e. The normalized spacial score (nSPS) is 10.2. The van der Waals surface area contributed by atoms with Crippen molar-refractivity contribution in [1.29, 1.82) is 0 Å². The van der Waals surface area contributed by atoms with E-state index in [-0.39, 0.29) is 10.6 Å². The Balaban J connectivity index is 2.52. The molecule has 0 aromatic heterocycles. The van der Waals surface area contributed by atoms with E-state index in [2.05, 4.69) is 0 Å². The molecule has 2 aromatic rings. The maximum atomic E-state index is 10.7. The Bertz CT molecular complexity index is 540. The van der Waals surface area contributed by atoms with E-state index in [0.29, 0.717) is 0 Å². The van der Waals surface area contributed by atoms with Gasteiger partial charge in [-0.15, -0.1) is 11.8 Å². The highest BCUT2D eigenvalue weighted by atomic mass is 32.2. The predicted octanol–water partition coefficient (Wildman–Crippen LogP) is 3.98. The Morgan fingerprint density at radius 1 is 1.12 bits per heavy atom. The first-order valence-corrected chi connectivity index (χ1v) is 6.32. The summed E-state index contributed by atoms with van der Waals surface area (Å²) in [6, 6.07) is 14.8. The lowest BCUT2D eigenvalue weighted by Gasteiger charge is -2.07. The summed E-state index contributed by atoms with van der Waals surface area (Å²) < 4.78 is 0. The van der Waals surface area contributed by atoms with Gasteiger partial charge in [0.15, 0.2) is 0 Å². The molecule has 0 bridgehead atoms. The Kier molecular flexibility index (Phi) is 3.44. The molecule has 0 aliphatic rings. The van der Waals surface area contributed by atoms with Gasteiger partial charge in [0.25, 0.3) is 5.69 Å². The van der Waals surface area contributed by atoms with E-state index >= 15 is 0 Å². The molecular formula is C13H11NO2S. The summed E-state index contributed by atoms with van der Waals surface area (Å²) in [5.74, 6) is 0. The molecule has 0 fully saturated rings.